The van der Waals surface area contributed by atoms with E-state index in [1.807, 2.05) is 0 Å². The summed E-state index contributed by atoms with van der Waals surface area (Å²) >= 11 is 0. The Labute approximate surface area is 124 Å². The second-order valence-corrected chi connectivity index (χ2v) is 9.78. The van der Waals surface area contributed by atoms with Crippen LogP contribution in [0.2, 0.25) is 0 Å². The maximum atomic E-state index is 11.2. The van der Waals surface area contributed by atoms with Crippen molar-refractivity contribution < 1.29 is 8.42 Å². The number of nitrogens with two attached hydrogens (primary N) is 1. The predicted molar refractivity (Wildman–Crippen MR) is 85.0 cm³/mol. The van der Waals surface area contributed by atoms with E-state index in [2.05, 4.69) is 26.2 Å². The standard InChI is InChI=1S/C15H32N2O2S/c1-15(2,3)13-9-7-12(8-10-13)14(17-16)6-5-11-20(4,18)19/h12-14,17H,5-11,16H2,1-4H3. The molecular formula is C15H32N2O2S. The van der Waals surface area contributed by atoms with Gasteiger partial charge in [-0.15, -0.1) is 0 Å². The molecule has 1 rings (SSSR count). The molecular weight excluding hydrogens is 272 g/mol. The smallest absolute Gasteiger partial charge is 0.147 e. The molecule has 0 saturated heterocycles. The van der Waals surface area contributed by atoms with Crippen LogP contribution in [0.4, 0.5) is 0 Å². The van der Waals surface area contributed by atoms with Crippen molar-refractivity contribution in [2.24, 2.45) is 23.1 Å². The number of sulfone groups is 1. The quantitative estimate of drug-likeness (QED) is 0.584. The number of hydrazine groups is 1. The third kappa shape index (κ3) is 6.10. The molecule has 0 aromatic rings. The first-order chi connectivity index (χ1) is 9.13. The van der Waals surface area contributed by atoms with Crippen LogP contribution in [-0.2, 0) is 9.84 Å². The molecule has 1 aliphatic rings. The fourth-order valence-corrected chi connectivity index (χ4v) is 4.10. The lowest BCUT2D eigenvalue weighted by molar-refractivity contribution is 0.130. The number of nitrogens with one attached hydrogen (secondary N) is 1. The van der Waals surface area contributed by atoms with Gasteiger partial charge in [0.1, 0.15) is 9.84 Å². The summed E-state index contributed by atoms with van der Waals surface area (Å²) in [4.78, 5) is 0. The summed E-state index contributed by atoms with van der Waals surface area (Å²) in [5.74, 6) is 7.34. The van der Waals surface area contributed by atoms with Crippen molar-refractivity contribution in [3.05, 3.63) is 0 Å². The van der Waals surface area contributed by atoms with E-state index in [-0.39, 0.29) is 11.8 Å². The Balaban J connectivity index is 2.41. The molecule has 5 heteroatoms. The van der Waals surface area contributed by atoms with Gasteiger partial charge < -0.3 is 0 Å². The molecule has 120 valence electrons. The third-order valence-corrected chi connectivity index (χ3v) is 5.84. The monoisotopic (exact) mass is 304 g/mol. The largest absolute Gasteiger partial charge is 0.271 e. The van der Waals surface area contributed by atoms with Gasteiger partial charge in [-0.1, -0.05) is 20.8 Å². The predicted octanol–water partition coefficient (Wildman–Crippen LogP) is 2.50. The second kappa shape index (κ2) is 7.23. The first-order valence-electron chi connectivity index (χ1n) is 7.77. The zero-order valence-corrected chi connectivity index (χ0v) is 14.3. The molecule has 1 fully saturated rings. The summed E-state index contributed by atoms with van der Waals surface area (Å²) in [6.07, 6.45) is 7.79. The van der Waals surface area contributed by atoms with E-state index >= 15 is 0 Å². The van der Waals surface area contributed by atoms with E-state index in [1.54, 1.807) is 0 Å². The molecule has 0 amide bonds. The van der Waals surface area contributed by atoms with Crippen molar-refractivity contribution in [2.75, 3.05) is 12.0 Å². The van der Waals surface area contributed by atoms with Crippen LogP contribution in [0.5, 0.6) is 0 Å². The summed E-state index contributed by atoms with van der Waals surface area (Å²) < 4.78 is 22.4. The van der Waals surface area contributed by atoms with Crippen LogP contribution in [0.25, 0.3) is 0 Å². The van der Waals surface area contributed by atoms with E-state index in [0.29, 0.717) is 17.8 Å². The summed E-state index contributed by atoms with van der Waals surface area (Å²) in [5, 5.41) is 0. The molecule has 20 heavy (non-hydrogen) atoms. The summed E-state index contributed by atoms with van der Waals surface area (Å²) in [5.41, 5.74) is 3.31. The van der Waals surface area contributed by atoms with E-state index in [4.69, 9.17) is 5.84 Å². The van der Waals surface area contributed by atoms with Gasteiger partial charge in [0.05, 0.1) is 0 Å². The van der Waals surface area contributed by atoms with Gasteiger partial charge in [-0.2, -0.15) is 0 Å². The van der Waals surface area contributed by atoms with Gasteiger partial charge in [0, 0.05) is 18.1 Å². The van der Waals surface area contributed by atoms with Crippen LogP contribution in [0, 0.1) is 17.3 Å². The average molecular weight is 304 g/mol. The van der Waals surface area contributed by atoms with Crippen molar-refractivity contribution in [1.29, 1.82) is 0 Å². The van der Waals surface area contributed by atoms with Crippen LogP contribution in [-0.4, -0.2) is 26.5 Å². The average Bonchev–Trinajstić information content (AvgIpc) is 2.32. The Morgan fingerprint density at radius 1 is 1.20 bits per heavy atom. The Morgan fingerprint density at radius 2 is 1.75 bits per heavy atom. The molecule has 0 radical (unpaired) electrons. The molecule has 1 aliphatic carbocycles. The molecule has 0 aromatic heterocycles. The zero-order valence-electron chi connectivity index (χ0n) is 13.5. The maximum absolute atomic E-state index is 11.2. The van der Waals surface area contributed by atoms with Crippen molar-refractivity contribution in [3.8, 4) is 0 Å². The van der Waals surface area contributed by atoms with E-state index in [1.165, 1.54) is 31.9 Å². The van der Waals surface area contributed by atoms with Crippen LogP contribution >= 0.6 is 0 Å². The van der Waals surface area contributed by atoms with Gasteiger partial charge in [0.25, 0.3) is 0 Å². The topological polar surface area (TPSA) is 72.2 Å². The summed E-state index contributed by atoms with van der Waals surface area (Å²) in [7, 11) is -2.86. The number of hydrogen-bond acceptors (Lipinski definition) is 4. The molecule has 1 atom stereocenters. The SMILES string of the molecule is CC(C)(C)C1CCC(C(CCCS(C)(=O)=O)NN)CC1. The fraction of sp³-hybridized carbons (Fsp3) is 1.00. The highest BCUT2D eigenvalue weighted by Crippen LogP contribution is 2.41. The zero-order chi connectivity index (χ0) is 15.4. The van der Waals surface area contributed by atoms with E-state index in [0.717, 1.165) is 12.3 Å². The van der Waals surface area contributed by atoms with Gasteiger partial charge in [0.2, 0.25) is 0 Å². The minimum absolute atomic E-state index is 0.262. The van der Waals surface area contributed by atoms with Crippen molar-refractivity contribution in [3.63, 3.8) is 0 Å². The first-order valence-corrected chi connectivity index (χ1v) is 9.83. The van der Waals surface area contributed by atoms with Crippen LogP contribution in [0.3, 0.4) is 0 Å². The molecule has 0 bridgehead atoms. The van der Waals surface area contributed by atoms with Crippen molar-refractivity contribution in [1.82, 2.24) is 5.43 Å². The highest BCUT2D eigenvalue weighted by Gasteiger charge is 2.32. The lowest BCUT2D eigenvalue weighted by Crippen LogP contribution is -2.43. The lowest BCUT2D eigenvalue weighted by atomic mass is 9.68. The van der Waals surface area contributed by atoms with Gasteiger partial charge in [0.15, 0.2) is 0 Å². The summed E-state index contributed by atoms with van der Waals surface area (Å²) in [6, 6.07) is 0.262. The minimum atomic E-state index is -2.86. The normalized spacial score (nSPS) is 26.4. The van der Waals surface area contributed by atoms with Gasteiger partial charge >= 0.3 is 0 Å². The Bertz CT molecular complexity index is 379. The molecule has 0 aromatic carbocycles. The van der Waals surface area contributed by atoms with Crippen LogP contribution < -0.4 is 11.3 Å². The molecule has 1 saturated carbocycles. The molecule has 4 nitrogen and oxygen atoms in total. The summed E-state index contributed by atoms with van der Waals surface area (Å²) in [6.45, 7) is 6.97. The first kappa shape index (κ1) is 17.9. The number of rotatable bonds is 6. The van der Waals surface area contributed by atoms with Gasteiger partial charge in [-0.3, -0.25) is 11.3 Å². The molecule has 3 N–H and O–H groups in total. The highest BCUT2D eigenvalue weighted by atomic mass is 32.2. The fourth-order valence-electron chi connectivity index (χ4n) is 3.41. The van der Waals surface area contributed by atoms with E-state index in [9.17, 15) is 8.42 Å². The molecule has 1 unspecified atom stereocenters. The number of hydrogen-bond donors (Lipinski definition) is 2. The highest BCUT2D eigenvalue weighted by molar-refractivity contribution is 7.90. The maximum Gasteiger partial charge on any atom is 0.147 e. The van der Waals surface area contributed by atoms with Crippen LogP contribution in [0.1, 0.15) is 59.3 Å². The Hall–Kier alpha value is -0.130. The van der Waals surface area contributed by atoms with Crippen molar-refractivity contribution >= 4 is 9.84 Å². The van der Waals surface area contributed by atoms with Crippen molar-refractivity contribution in [2.45, 2.75) is 65.3 Å². The Kier molecular flexibility index (Phi) is 6.48. The minimum Gasteiger partial charge on any atom is -0.271 e. The molecule has 0 spiro atoms. The molecule has 0 heterocycles. The lowest BCUT2D eigenvalue weighted by Gasteiger charge is -2.39. The van der Waals surface area contributed by atoms with E-state index < -0.39 is 9.84 Å². The van der Waals surface area contributed by atoms with Gasteiger partial charge in [-0.25, -0.2) is 8.42 Å². The second-order valence-electron chi connectivity index (χ2n) is 7.52. The van der Waals surface area contributed by atoms with Gasteiger partial charge in [-0.05, 0) is 55.8 Å². The third-order valence-electron chi connectivity index (χ3n) is 4.81. The molecule has 0 aliphatic heterocycles. The van der Waals surface area contributed by atoms with Crippen LogP contribution in [0.15, 0.2) is 0 Å². The Morgan fingerprint density at radius 3 is 2.15 bits per heavy atom.